The van der Waals surface area contributed by atoms with Crippen LogP contribution in [-0.4, -0.2) is 83.4 Å². The van der Waals surface area contributed by atoms with E-state index >= 15 is 0 Å². The molecule has 2 aromatic heterocycles. The number of rotatable bonds is 8. The molecule has 2 saturated carbocycles. The molecular formula is C38H50N6O7S. The predicted molar refractivity (Wildman–Crippen MR) is 197 cm³/mol. The lowest BCUT2D eigenvalue weighted by molar-refractivity contribution is -0.140. The van der Waals surface area contributed by atoms with E-state index in [1.165, 1.54) is 0 Å². The van der Waals surface area contributed by atoms with E-state index in [0.29, 0.717) is 35.8 Å². The molecule has 1 aromatic carbocycles. The molecule has 2 N–H and O–H groups in total. The van der Waals surface area contributed by atoms with Gasteiger partial charge in [-0.05, 0) is 90.8 Å². The maximum atomic E-state index is 14.3. The molecule has 0 saturated heterocycles. The number of aryl methyl sites for hydroxylation is 3. The van der Waals surface area contributed by atoms with Crippen molar-refractivity contribution >= 4 is 38.6 Å². The van der Waals surface area contributed by atoms with Gasteiger partial charge in [-0.15, -0.1) is 0 Å². The van der Waals surface area contributed by atoms with Gasteiger partial charge in [0.15, 0.2) is 5.82 Å². The Hall–Kier alpha value is -4.46. The zero-order valence-electron chi connectivity index (χ0n) is 31.1. The molecule has 3 amide bonds. The molecule has 3 aliphatic rings. The van der Waals surface area contributed by atoms with Crippen LogP contribution < -0.4 is 19.5 Å². The Morgan fingerprint density at radius 2 is 1.87 bits per heavy atom. The van der Waals surface area contributed by atoms with Crippen LogP contribution in [0.15, 0.2) is 36.4 Å². The van der Waals surface area contributed by atoms with Gasteiger partial charge in [0.25, 0.3) is 5.91 Å². The summed E-state index contributed by atoms with van der Waals surface area (Å²) in [4.78, 5) is 48.7. The van der Waals surface area contributed by atoms with E-state index in [9.17, 15) is 22.8 Å². The van der Waals surface area contributed by atoms with E-state index in [2.05, 4.69) is 15.1 Å². The zero-order chi connectivity index (χ0) is 37.5. The molecule has 3 aromatic rings. The molecule has 280 valence electrons. The number of hydrogen-bond donors (Lipinski definition) is 2. The van der Waals surface area contributed by atoms with Crippen LogP contribution in [-0.2, 0) is 24.4 Å². The summed E-state index contributed by atoms with van der Waals surface area (Å²) >= 11 is 0. The first kappa shape index (κ1) is 37.3. The van der Waals surface area contributed by atoms with Crippen LogP contribution in [0.2, 0.25) is 0 Å². The van der Waals surface area contributed by atoms with Crippen LogP contribution in [0.4, 0.5) is 0 Å². The molecule has 0 radical (unpaired) electrons. The Labute approximate surface area is 305 Å². The van der Waals surface area contributed by atoms with E-state index in [1.807, 2.05) is 57.2 Å². The number of amides is 3. The third kappa shape index (κ3) is 7.13. The standard InChI is InChI=1S/C38H50N6O7S/c1-8-24(4)52(48,49)42-37(47)38-21-26(38)13-11-9-10-12-16-43(6)36(46)30-19-27(18-29(30)35(45)40-38)51-32-20-33(44-23(3)17-22(2)41-44)39-34-25(5)31(50-7)15-14-28(32)34/h11,13-15,17,20,24,26-27,29-30H,8-10,12,16,18-19,21H2,1-7H3,(H,40,45)(H,42,47)/b13-11-/t24?,26-,27-,29-,30-,38-/m1/s1. The number of methoxy groups -OCH3 is 1. The van der Waals surface area contributed by atoms with Crippen LogP contribution in [0.3, 0.4) is 0 Å². The second-order valence-electron chi connectivity index (χ2n) is 14.7. The fourth-order valence-corrected chi connectivity index (χ4v) is 8.66. The first-order valence-corrected chi connectivity index (χ1v) is 19.7. The highest BCUT2D eigenvalue weighted by molar-refractivity contribution is 7.90. The van der Waals surface area contributed by atoms with Crippen molar-refractivity contribution in [2.45, 2.75) is 96.5 Å². The summed E-state index contributed by atoms with van der Waals surface area (Å²) in [7, 11) is -0.587. The number of ether oxygens (including phenoxy) is 2. The van der Waals surface area contributed by atoms with Crippen molar-refractivity contribution < 1.29 is 32.3 Å². The van der Waals surface area contributed by atoms with Gasteiger partial charge in [0.2, 0.25) is 21.8 Å². The smallest absolute Gasteiger partial charge is 0.259 e. The van der Waals surface area contributed by atoms with Crippen molar-refractivity contribution in [2.75, 3.05) is 20.7 Å². The summed E-state index contributed by atoms with van der Waals surface area (Å²) in [5, 5.41) is 7.57. The quantitative estimate of drug-likeness (QED) is 0.319. The van der Waals surface area contributed by atoms with Gasteiger partial charge in [-0.1, -0.05) is 19.1 Å². The average Bonchev–Trinajstić information content (AvgIpc) is 3.44. The predicted octanol–water partition coefficient (Wildman–Crippen LogP) is 4.45. The minimum atomic E-state index is -3.95. The van der Waals surface area contributed by atoms with E-state index in [-0.39, 0.29) is 31.1 Å². The number of sulfonamides is 1. The van der Waals surface area contributed by atoms with Gasteiger partial charge in [-0.25, -0.2) is 18.1 Å². The summed E-state index contributed by atoms with van der Waals surface area (Å²) in [6, 6.07) is 7.55. The number of carbonyl (C=O) groups is 3. The number of hydrogen-bond acceptors (Lipinski definition) is 9. The number of allylic oxidation sites excluding steroid dienone is 1. The average molecular weight is 735 g/mol. The minimum absolute atomic E-state index is 0.160. The van der Waals surface area contributed by atoms with Crippen LogP contribution in [0.5, 0.6) is 11.5 Å². The van der Waals surface area contributed by atoms with Crippen molar-refractivity contribution in [3.63, 3.8) is 0 Å². The summed E-state index contributed by atoms with van der Waals surface area (Å²) < 4.78 is 42.2. The van der Waals surface area contributed by atoms with E-state index in [1.54, 1.807) is 37.6 Å². The fraction of sp³-hybridized carbons (Fsp3) is 0.553. The molecule has 1 aliphatic heterocycles. The summed E-state index contributed by atoms with van der Waals surface area (Å²) in [6.45, 7) is 9.62. The third-order valence-electron chi connectivity index (χ3n) is 11.0. The largest absolute Gasteiger partial charge is 0.496 e. The third-order valence-corrected chi connectivity index (χ3v) is 12.9. The number of nitrogens with zero attached hydrogens (tertiary/aromatic N) is 4. The number of fused-ring (bicyclic) bond motifs is 3. The highest BCUT2D eigenvalue weighted by Gasteiger charge is 2.62. The molecule has 6 rings (SSSR count). The number of nitrogens with one attached hydrogen (secondary N) is 2. The van der Waals surface area contributed by atoms with E-state index in [0.717, 1.165) is 41.6 Å². The first-order chi connectivity index (χ1) is 24.7. The number of carbonyl (C=O) groups excluding carboxylic acids is 3. The maximum absolute atomic E-state index is 14.3. The monoisotopic (exact) mass is 734 g/mol. The fourth-order valence-electron chi connectivity index (χ4n) is 7.58. The Bertz CT molecular complexity index is 2030. The number of benzene rings is 1. The van der Waals surface area contributed by atoms with Crippen molar-refractivity contribution in [1.82, 2.24) is 29.7 Å². The molecule has 1 unspecified atom stereocenters. The second kappa shape index (κ2) is 14.5. The first-order valence-electron chi connectivity index (χ1n) is 18.2. The van der Waals surface area contributed by atoms with Gasteiger partial charge in [-0.2, -0.15) is 5.10 Å². The molecule has 52 heavy (non-hydrogen) atoms. The van der Waals surface area contributed by atoms with Gasteiger partial charge in [-0.3, -0.25) is 19.1 Å². The summed E-state index contributed by atoms with van der Waals surface area (Å²) in [5.74, 6) is -1.49. The molecule has 14 heteroatoms. The van der Waals surface area contributed by atoms with Crippen molar-refractivity contribution in [3.8, 4) is 17.3 Å². The topological polar surface area (TPSA) is 162 Å². The van der Waals surface area contributed by atoms with Crippen molar-refractivity contribution in [1.29, 1.82) is 0 Å². The van der Waals surface area contributed by atoms with Gasteiger partial charge >= 0.3 is 0 Å². The molecule has 2 aliphatic carbocycles. The molecular weight excluding hydrogens is 685 g/mol. The molecule has 0 bridgehead atoms. The molecule has 13 nitrogen and oxygen atoms in total. The van der Waals surface area contributed by atoms with Gasteiger partial charge < -0.3 is 19.7 Å². The zero-order valence-corrected chi connectivity index (χ0v) is 31.9. The van der Waals surface area contributed by atoms with Crippen LogP contribution in [0, 0.1) is 38.5 Å². The molecule has 3 heterocycles. The van der Waals surface area contributed by atoms with Crippen molar-refractivity contribution in [2.24, 2.45) is 17.8 Å². The lowest BCUT2D eigenvalue weighted by Crippen LogP contribution is -2.55. The Kier molecular flexibility index (Phi) is 10.4. The van der Waals surface area contributed by atoms with Crippen LogP contribution in [0.25, 0.3) is 16.7 Å². The highest BCUT2D eigenvalue weighted by atomic mass is 32.2. The molecule has 6 atom stereocenters. The minimum Gasteiger partial charge on any atom is -0.496 e. The van der Waals surface area contributed by atoms with Crippen molar-refractivity contribution in [3.05, 3.63) is 53.4 Å². The SMILES string of the molecule is CCC(C)S(=O)(=O)NC(=O)[C@@]12C[C@H]1/C=C\CCCCN(C)C(=O)[C@@H]1C[C@H](Oc3cc(-n4nc(C)cc4C)nc4c(C)c(OC)ccc34)C[C@H]1C(=O)N2. The highest BCUT2D eigenvalue weighted by Crippen LogP contribution is 2.47. The van der Waals surface area contributed by atoms with Gasteiger partial charge in [0.05, 0.1) is 35.4 Å². The second-order valence-corrected chi connectivity index (χ2v) is 16.8. The summed E-state index contributed by atoms with van der Waals surface area (Å²) in [5.41, 5.74) is 1.82. The number of aromatic nitrogens is 3. The summed E-state index contributed by atoms with van der Waals surface area (Å²) in [6.07, 6.45) is 6.79. The lowest BCUT2D eigenvalue weighted by atomic mass is 9.93. The van der Waals surface area contributed by atoms with Crippen LogP contribution in [0.1, 0.15) is 75.7 Å². The van der Waals surface area contributed by atoms with Crippen LogP contribution >= 0.6 is 0 Å². The molecule has 0 spiro atoms. The Morgan fingerprint density at radius 3 is 2.56 bits per heavy atom. The Morgan fingerprint density at radius 1 is 1.12 bits per heavy atom. The van der Waals surface area contributed by atoms with E-state index in [4.69, 9.17) is 14.5 Å². The van der Waals surface area contributed by atoms with Gasteiger partial charge in [0.1, 0.15) is 23.1 Å². The lowest BCUT2D eigenvalue weighted by Gasteiger charge is -2.27. The molecule has 2 fully saturated rings. The normalized spacial score (nSPS) is 26.5. The van der Waals surface area contributed by atoms with E-state index < -0.39 is 50.6 Å². The maximum Gasteiger partial charge on any atom is 0.259 e. The number of pyridine rings is 1. The van der Waals surface area contributed by atoms with Gasteiger partial charge in [0, 0.05) is 42.2 Å². The Balaban J connectivity index is 1.34.